The quantitative estimate of drug-likeness (QED) is 0.396. The number of aryl methyl sites for hydroxylation is 2. The van der Waals surface area contributed by atoms with E-state index in [2.05, 4.69) is 25.6 Å². The van der Waals surface area contributed by atoms with Gasteiger partial charge in [0.05, 0.1) is 11.3 Å². The molecule has 2 heterocycles. The van der Waals surface area contributed by atoms with E-state index in [0.717, 1.165) is 34.6 Å². The first-order valence-corrected chi connectivity index (χ1v) is 10.8. The number of anilines is 1. The third-order valence-corrected chi connectivity index (χ3v) is 5.10. The molecule has 0 fully saturated rings. The Morgan fingerprint density at radius 1 is 0.939 bits per heavy atom. The number of amides is 2. The van der Waals surface area contributed by atoms with Gasteiger partial charge in [0.2, 0.25) is 5.88 Å². The molecular formula is C26H25N5O2. The lowest BCUT2D eigenvalue weighted by atomic mass is 10.1. The number of aromatic nitrogens is 3. The van der Waals surface area contributed by atoms with Crippen molar-refractivity contribution in [2.45, 2.75) is 26.8 Å². The van der Waals surface area contributed by atoms with Crippen molar-refractivity contribution < 1.29 is 9.53 Å². The molecule has 0 unspecified atom stereocenters. The molecule has 2 N–H and O–H groups in total. The van der Waals surface area contributed by atoms with Crippen LogP contribution in [0.15, 0.2) is 79.1 Å². The molecule has 2 aromatic heterocycles. The van der Waals surface area contributed by atoms with Crippen LogP contribution in [0.25, 0.3) is 11.3 Å². The molecule has 2 aromatic carbocycles. The summed E-state index contributed by atoms with van der Waals surface area (Å²) in [5.74, 6) is 1.82. The number of ether oxygens (including phenoxy) is 1. The minimum Gasteiger partial charge on any atom is -0.438 e. The van der Waals surface area contributed by atoms with Crippen LogP contribution in [0.5, 0.6) is 11.6 Å². The summed E-state index contributed by atoms with van der Waals surface area (Å²) < 4.78 is 6.02. The van der Waals surface area contributed by atoms with Gasteiger partial charge in [-0.3, -0.25) is 0 Å². The van der Waals surface area contributed by atoms with Crippen LogP contribution >= 0.6 is 0 Å². The highest BCUT2D eigenvalue weighted by Gasteiger charge is 2.11. The summed E-state index contributed by atoms with van der Waals surface area (Å²) in [7, 11) is 0. The van der Waals surface area contributed by atoms with Crippen LogP contribution in [0.1, 0.15) is 23.9 Å². The maximum Gasteiger partial charge on any atom is 0.319 e. The van der Waals surface area contributed by atoms with Crippen molar-refractivity contribution in [1.29, 1.82) is 0 Å². The van der Waals surface area contributed by atoms with Crippen LogP contribution in [0.2, 0.25) is 0 Å². The molecule has 0 aliphatic rings. The lowest BCUT2D eigenvalue weighted by Gasteiger charge is -2.12. The van der Waals surface area contributed by atoms with E-state index in [9.17, 15) is 4.79 Å². The van der Waals surface area contributed by atoms with Crippen molar-refractivity contribution in [3.05, 3.63) is 96.1 Å². The maximum absolute atomic E-state index is 12.3. The molecule has 0 aliphatic carbocycles. The Balaban J connectivity index is 1.40. The van der Waals surface area contributed by atoms with E-state index >= 15 is 0 Å². The molecule has 7 heteroatoms. The second-order valence-electron chi connectivity index (χ2n) is 7.43. The Hall–Kier alpha value is -4.26. The first-order chi connectivity index (χ1) is 16.1. The van der Waals surface area contributed by atoms with Crippen molar-refractivity contribution >= 4 is 11.7 Å². The summed E-state index contributed by atoms with van der Waals surface area (Å²) >= 11 is 0. The Bertz CT molecular complexity index is 1240. The molecule has 0 atom stereocenters. The number of carbonyl (C=O) groups is 1. The molecule has 4 rings (SSSR count). The summed E-state index contributed by atoms with van der Waals surface area (Å²) in [4.78, 5) is 25.4. The fourth-order valence-corrected chi connectivity index (χ4v) is 3.26. The Morgan fingerprint density at radius 3 is 2.55 bits per heavy atom. The number of benzene rings is 2. The van der Waals surface area contributed by atoms with Crippen LogP contribution in [-0.2, 0) is 13.0 Å². The number of hydrogen-bond acceptors (Lipinski definition) is 5. The van der Waals surface area contributed by atoms with Crippen LogP contribution in [0, 0.1) is 6.92 Å². The molecule has 4 aromatic rings. The van der Waals surface area contributed by atoms with Gasteiger partial charge in [0, 0.05) is 31.0 Å². The fraction of sp³-hybridized carbons (Fsp3) is 0.154. The van der Waals surface area contributed by atoms with Crippen molar-refractivity contribution in [2.75, 3.05) is 5.32 Å². The number of pyridine rings is 1. The predicted octanol–water partition coefficient (Wildman–Crippen LogP) is 5.52. The molecule has 0 saturated heterocycles. The van der Waals surface area contributed by atoms with Crippen molar-refractivity contribution in [1.82, 2.24) is 20.3 Å². The second kappa shape index (κ2) is 10.4. The standard InChI is InChI=1S/C26H25N5O2/c1-3-24-27-16-14-23(31-24)22-9-6-15-28-25(22)33-21-12-10-20(11-13-21)30-26(32)29-17-19-8-5-4-7-18(19)2/h4-16H,3,17H2,1-2H3,(H2,29,30,32). The summed E-state index contributed by atoms with van der Waals surface area (Å²) in [6, 6.07) is 20.4. The number of carbonyl (C=O) groups excluding carboxylic acids is 1. The van der Waals surface area contributed by atoms with Gasteiger partial charge < -0.3 is 15.4 Å². The highest BCUT2D eigenvalue weighted by Crippen LogP contribution is 2.30. The van der Waals surface area contributed by atoms with Gasteiger partial charge in [0.1, 0.15) is 11.6 Å². The molecule has 0 spiro atoms. The van der Waals surface area contributed by atoms with Gasteiger partial charge >= 0.3 is 6.03 Å². The number of nitrogens with one attached hydrogen (secondary N) is 2. The maximum atomic E-state index is 12.3. The van der Waals surface area contributed by atoms with Crippen LogP contribution in [0.4, 0.5) is 10.5 Å². The van der Waals surface area contributed by atoms with E-state index in [1.807, 2.05) is 56.3 Å². The van der Waals surface area contributed by atoms with Crippen LogP contribution < -0.4 is 15.4 Å². The zero-order chi connectivity index (χ0) is 23.0. The van der Waals surface area contributed by atoms with E-state index in [1.165, 1.54) is 0 Å². The van der Waals surface area contributed by atoms with Crippen LogP contribution in [-0.4, -0.2) is 21.0 Å². The van der Waals surface area contributed by atoms with Gasteiger partial charge in [0.15, 0.2) is 0 Å². The minimum atomic E-state index is -0.269. The second-order valence-corrected chi connectivity index (χ2v) is 7.43. The predicted molar refractivity (Wildman–Crippen MR) is 128 cm³/mol. The van der Waals surface area contributed by atoms with E-state index in [4.69, 9.17) is 4.74 Å². The SMILES string of the molecule is CCc1nccc(-c2cccnc2Oc2ccc(NC(=O)NCc3ccccc3C)cc2)n1. The molecule has 0 bridgehead atoms. The number of nitrogens with zero attached hydrogens (tertiary/aromatic N) is 3. The van der Waals surface area contributed by atoms with Gasteiger partial charge in [0.25, 0.3) is 0 Å². The normalized spacial score (nSPS) is 10.5. The van der Waals surface area contributed by atoms with Gasteiger partial charge in [-0.05, 0) is 60.5 Å². The van der Waals surface area contributed by atoms with E-state index < -0.39 is 0 Å². The molecular weight excluding hydrogens is 414 g/mol. The van der Waals surface area contributed by atoms with Gasteiger partial charge in [-0.25, -0.2) is 19.7 Å². The molecule has 2 amide bonds. The molecule has 0 aliphatic heterocycles. The summed E-state index contributed by atoms with van der Waals surface area (Å²) in [5, 5.41) is 5.71. The minimum absolute atomic E-state index is 0.269. The summed E-state index contributed by atoms with van der Waals surface area (Å²) in [6.07, 6.45) is 4.16. The van der Waals surface area contributed by atoms with E-state index in [0.29, 0.717) is 23.9 Å². The largest absolute Gasteiger partial charge is 0.438 e. The smallest absolute Gasteiger partial charge is 0.319 e. The highest BCUT2D eigenvalue weighted by atomic mass is 16.5. The van der Waals surface area contributed by atoms with Gasteiger partial charge in [-0.1, -0.05) is 31.2 Å². The monoisotopic (exact) mass is 439 g/mol. The zero-order valence-corrected chi connectivity index (χ0v) is 18.6. The van der Waals surface area contributed by atoms with Crippen molar-refractivity contribution in [3.8, 4) is 22.9 Å². The molecule has 0 radical (unpaired) electrons. The Labute approximate surface area is 192 Å². The first-order valence-electron chi connectivity index (χ1n) is 10.8. The third kappa shape index (κ3) is 5.71. The Kier molecular flexibility index (Phi) is 6.90. The summed E-state index contributed by atoms with van der Waals surface area (Å²) in [6.45, 7) is 4.50. The number of hydrogen-bond donors (Lipinski definition) is 2. The molecule has 7 nitrogen and oxygen atoms in total. The topological polar surface area (TPSA) is 89.0 Å². The summed E-state index contributed by atoms with van der Waals surface area (Å²) in [5.41, 5.74) is 4.42. The third-order valence-electron chi connectivity index (χ3n) is 5.10. The fourth-order valence-electron chi connectivity index (χ4n) is 3.26. The number of rotatable bonds is 7. The number of urea groups is 1. The van der Waals surface area contributed by atoms with Gasteiger partial charge in [-0.15, -0.1) is 0 Å². The molecule has 33 heavy (non-hydrogen) atoms. The van der Waals surface area contributed by atoms with Crippen LogP contribution in [0.3, 0.4) is 0 Å². The highest BCUT2D eigenvalue weighted by molar-refractivity contribution is 5.89. The zero-order valence-electron chi connectivity index (χ0n) is 18.6. The average molecular weight is 440 g/mol. The Morgan fingerprint density at radius 2 is 1.76 bits per heavy atom. The lowest BCUT2D eigenvalue weighted by molar-refractivity contribution is 0.251. The van der Waals surface area contributed by atoms with E-state index in [-0.39, 0.29) is 6.03 Å². The van der Waals surface area contributed by atoms with Crippen molar-refractivity contribution in [2.24, 2.45) is 0 Å². The lowest BCUT2D eigenvalue weighted by Crippen LogP contribution is -2.28. The first kappa shape index (κ1) is 22.0. The van der Waals surface area contributed by atoms with Crippen molar-refractivity contribution in [3.63, 3.8) is 0 Å². The molecule has 166 valence electrons. The molecule has 0 saturated carbocycles. The van der Waals surface area contributed by atoms with Gasteiger partial charge in [-0.2, -0.15) is 0 Å². The average Bonchev–Trinajstić information content (AvgIpc) is 2.85. The van der Waals surface area contributed by atoms with E-state index in [1.54, 1.807) is 36.7 Å².